The van der Waals surface area contributed by atoms with E-state index < -0.39 is 0 Å². The van der Waals surface area contributed by atoms with Gasteiger partial charge in [-0.05, 0) is 111 Å². The van der Waals surface area contributed by atoms with E-state index in [4.69, 9.17) is 23.2 Å². The van der Waals surface area contributed by atoms with Crippen LogP contribution in [0.5, 0.6) is 0 Å². The van der Waals surface area contributed by atoms with Gasteiger partial charge in [0.1, 0.15) is 26.2 Å². The smallest absolute Gasteiger partial charge is 0.128 e. The molecule has 6 heteroatoms. The minimum atomic E-state index is 0.612. The summed E-state index contributed by atoms with van der Waals surface area (Å²) in [6, 6.07) is 35.8. The number of rotatable bonds is 20. The molecular weight excluding hydrogens is 800 g/mol. The number of nitrogens with zero attached hydrogens (tertiary/aromatic N) is 4. The van der Waals surface area contributed by atoms with E-state index in [2.05, 4.69) is 219 Å². The molecule has 4 rings (SSSR count). The molecule has 4 aromatic rings. The SMILES string of the molecule is CCC(C)c1ccc(CCl)cc1.CCC(C)c1ccc(CCl)cc1.CCC(C)c1ccc(C[N+](C)(C)CC[N+](C)(C)Cc2ccc(C(C)CC)cc2)cc1.CN(C)CCN(C)C. The quantitative estimate of drug-likeness (QED) is 0.0644. The summed E-state index contributed by atoms with van der Waals surface area (Å²) in [6.45, 7) is 24.9. The first kappa shape index (κ1) is 57.3. The molecule has 0 saturated carbocycles. The van der Waals surface area contributed by atoms with Gasteiger partial charge in [-0.25, -0.2) is 0 Å². The molecule has 4 atom stereocenters. The maximum Gasteiger partial charge on any atom is 0.128 e. The van der Waals surface area contributed by atoms with Crippen LogP contribution in [0.1, 0.15) is 149 Å². The van der Waals surface area contributed by atoms with Crippen LogP contribution in [0.25, 0.3) is 0 Å². The lowest BCUT2D eigenvalue weighted by molar-refractivity contribution is -0.958. The maximum atomic E-state index is 5.69. The molecule has 0 radical (unpaired) electrons. The van der Waals surface area contributed by atoms with Gasteiger partial charge in [-0.2, -0.15) is 0 Å². The van der Waals surface area contributed by atoms with Crippen LogP contribution in [0.4, 0.5) is 0 Å². The third-order valence-electron chi connectivity index (χ3n) is 12.5. The minimum absolute atomic E-state index is 0.612. The monoisotopic (exact) mass is 891 g/mol. The summed E-state index contributed by atoms with van der Waals surface area (Å²) in [7, 11) is 17.8. The standard InChI is InChI=1S/C28H46N2.2C11H15Cl.C6H16N2/c1-9-23(3)27-15-11-25(12-16-27)21-29(5,6)19-20-30(7,8)22-26-13-17-28(18-14-26)24(4)10-2;2*1-3-9(2)11-6-4-10(8-12)5-7-11;1-7(2)5-6-8(3)4/h11-18,23-24H,9-10,19-22H2,1-8H3;2*4-7,9H,3,8H2,1-2H3;5-6H2,1-4H3/q+2;;;. The minimum Gasteiger partial charge on any atom is -0.320 e. The van der Waals surface area contributed by atoms with Crippen molar-refractivity contribution >= 4 is 23.2 Å². The second-order valence-corrected chi connectivity index (χ2v) is 20.2. The average molecular weight is 892 g/mol. The number of alkyl halides is 2. The fraction of sp³-hybridized carbons (Fsp3) is 0.571. The highest BCUT2D eigenvalue weighted by atomic mass is 35.5. The Labute approximate surface area is 393 Å². The summed E-state index contributed by atoms with van der Waals surface area (Å²) < 4.78 is 2.05. The van der Waals surface area contributed by atoms with Crippen LogP contribution in [0.15, 0.2) is 97.1 Å². The van der Waals surface area contributed by atoms with Crippen molar-refractivity contribution in [1.29, 1.82) is 0 Å². The van der Waals surface area contributed by atoms with Crippen molar-refractivity contribution < 1.29 is 8.97 Å². The second kappa shape index (κ2) is 30.4. The van der Waals surface area contributed by atoms with Gasteiger partial charge in [0.2, 0.25) is 0 Å². The zero-order valence-corrected chi connectivity index (χ0v) is 44.1. The third kappa shape index (κ3) is 23.8. The Hall–Kier alpha value is -2.70. The van der Waals surface area contributed by atoms with Crippen molar-refractivity contribution in [3.05, 3.63) is 142 Å². The molecule has 0 aliphatic heterocycles. The molecule has 4 nitrogen and oxygen atoms in total. The van der Waals surface area contributed by atoms with Gasteiger partial charge in [-0.1, -0.05) is 152 Å². The number of hydrogen-bond donors (Lipinski definition) is 0. The number of quaternary nitrogens is 2. The molecule has 0 amide bonds. The van der Waals surface area contributed by atoms with Gasteiger partial charge in [0.25, 0.3) is 0 Å². The van der Waals surface area contributed by atoms with Crippen molar-refractivity contribution in [2.45, 2.75) is 130 Å². The van der Waals surface area contributed by atoms with E-state index >= 15 is 0 Å². The van der Waals surface area contributed by atoms with Crippen molar-refractivity contribution in [3.63, 3.8) is 0 Å². The van der Waals surface area contributed by atoms with E-state index in [1.165, 1.54) is 83.3 Å². The van der Waals surface area contributed by atoms with Gasteiger partial charge in [0.15, 0.2) is 0 Å². The number of hydrogen-bond acceptors (Lipinski definition) is 2. The number of likely N-dealkylation sites (N-methyl/N-ethyl adjacent to an activating group) is 4. The molecule has 0 spiro atoms. The average Bonchev–Trinajstić information content (AvgIpc) is 3.27. The molecule has 0 aliphatic carbocycles. The summed E-state index contributed by atoms with van der Waals surface area (Å²) in [5.74, 6) is 3.85. The molecular formula is C56H92Cl2N4+2. The Morgan fingerprint density at radius 2 is 0.597 bits per heavy atom. The second-order valence-electron chi connectivity index (χ2n) is 19.7. The lowest BCUT2D eigenvalue weighted by Gasteiger charge is -2.36. The van der Waals surface area contributed by atoms with Gasteiger partial charge in [0, 0.05) is 36.0 Å². The number of halogens is 2. The summed E-state index contributed by atoms with van der Waals surface area (Å²) >= 11 is 11.4. The molecule has 0 aliphatic rings. The normalized spacial score (nSPS) is 13.5. The molecule has 4 aromatic carbocycles. The Balaban J connectivity index is 0.000000489. The summed E-state index contributed by atoms with van der Waals surface area (Å²) in [5, 5.41) is 0. The molecule has 0 bridgehead atoms. The van der Waals surface area contributed by atoms with Crippen LogP contribution in [0.2, 0.25) is 0 Å². The Morgan fingerprint density at radius 1 is 0.387 bits per heavy atom. The van der Waals surface area contributed by atoms with E-state index in [0.29, 0.717) is 35.4 Å². The van der Waals surface area contributed by atoms with E-state index in [1.54, 1.807) is 0 Å². The maximum absolute atomic E-state index is 5.69. The van der Waals surface area contributed by atoms with Crippen LogP contribution >= 0.6 is 23.2 Å². The van der Waals surface area contributed by atoms with Gasteiger partial charge in [-0.15, -0.1) is 23.2 Å². The topological polar surface area (TPSA) is 6.48 Å². The Kier molecular flexibility index (Phi) is 28.1. The fourth-order valence-corrected chi connectivity index (χ4v) is 7.16. The predicted molar refractivity (Wildman–Crippen MR) is 278 cm³/mol. The highest BCUT2D eigenvalue weighted by molar-refractivity contribution is 6.17. The Morgan fingerprint density at radius 3 is 0.774 bits per heavy atom. The zero-order chi connectivity index (χ0) is 46.9. The van der Waals surface area contributed by atoms with Gasteiger partial charge < -0.3 is 18.8 Å². The van der Waals surface area contributed by atoms with Gasteiger partial charge in [-0.3, -0.25) is 0 Å². The summed E-state index contributed by atoms with van der Waals surface area (Å²) in [4.78, 5) is 4.36. The molecule has 0 saturated heterocycles. The van der Waals surface area contributed by atoms with Crippen molar-refractivity contribution in [3.8, 4) is 0 Å². The van der Waals surface area contributed by atoms with Gasteiger partial charge in [0.05, 0.1) is 28.2 Å². The first-order valence-corrected chi connectivity index (χ1v) is 24.7. The van der Waals surface area contributed by atoms with E-state index in [1.807, 2.05) is 0 Å². The molecule has 4 unspecified atom stereocenters. The van der Waals surface area contributed by atoms with E-state index in [0.717, 1.165) is 35.1 Å². The molecule has 348 valence electrons. The molecule has 0 N–H and O–H groups in total. The molecule has 0 fully saturated rings. The van der Waals surface area contributed by atoms with Crippen molar-refractivity contribution in [2.75, 3.05) is 82.6 Å². The van der Waals surface area contributed by atoms with Crippen LogP contribution in [-0.2, 0) is 24.8 Å². The van der Waals surface area contributed by atoms with E-state index in [9.17, 15) is 0 Å². The van der Waals surface area contributed by atoms with E-state index in [-0.39, 0.29) is 0 Å². The lowest BCUT2D eigenvalue weighted by atomic mass is 9.97. The summed E-state index contributed by atoms with van der Waals surface area (Å²) in [5.41, 5.74) is 11.0. The lowest BCUT2D eigenvalue weighted by Crippen LogP contribution is -2.49. The largest absolute Gasteiger partial charge is 0.320 e. The fourth-order valence-electron chi connectivity index (χ4n) is 6.80. The molecule has 62 heavy (non-hydrogen) atoms. The Bertz CT molecular complexity index is 1570. The highest BCUT2D eigenvalue weighted by Crippen LogP contribution is 2.23. The molecule has 0 aromatic heterocycles. The highest BCUT2D eigenvalue weighted by Gasteiger charge is 2.24. The number of benzene rings is 4. The van der Waals surface area contributed by atoms with Crippen LogP contribution in [-0.4, -0.2) is 101 Å². The van der Waals surface area contributed by atoms with Crippen LogP contribution in [0.3, 0.4) is 0 Å². The predicted octanol–water partition coefficient (Wildman–Crippen LogP) is 14.6. The molecule has 0 heterocycles. The van der Waals surface area contributed by atoms with Crippen LogP contribution in [0, 0.1) is 0 Å². The zero-order valence-electron chi connectivity index (χ0n) is 42.6. The van der Waals surface area contributed by atoms with Crippen molar-refractivity contribution in [2.24, 2.45) is 0 Å². The first-order chi connectivity index (χ1) is 29.2. The first-order valence-electron chi connectivity index (χ1n) is 23.6. The van der Waals surface area contributed by atoms with Crippen molar-refractivity contribution in [1.82, 2.24) is 9.80 Å². The summed E-state index contributed by atoms with van der Waals surface area (Å²) in [6.07, 6.45) is 4.79. The van der Waals surface area contributed by atoms with Crippen LogP contribution < -0.4 is 0 Å². The van der Waals surface area contributed by atoms with Gasteiger partial charge >= 0.3 is 0 Å². The third-order valence-corrected chi connectivity index (χ3v) is 13.1.